The second-order valence-corrected chi connectivity index (χ2v) is 4.82. The Morgan fingerprint density at radius 1 is 1.40 bits per heavy atom. The van der Waals surface area contributed by atoms with E-state index in [4.69, 9.17) is 0 Å². The van der Waals surface area contributed by atoms with E-state index in [1.54, 1.807) is 0 Å². The molecule has 1 aromatic rings. The van der Waals surface area contributed by atoms with Crippen LogP contribution in [0.15, 0.2) is 12.3 Å². The molecule has 3 nitrogen and oxygen atoms in total. The molecule has 0 radical (unpaired) electrons. The van der Waals surface area contributed by atoms with Gasteiger partial charge in [-0.2, -0.15) is 5.10 Å². The standard InChI is InChI=1S/C12H21N3/c1-10-3-5-11(6-4-10)13-9-12-7-8-15(2)14-12/h7-8,10-11,13H,3-6,9H2,1-2H3. The molecule has 1 aliphatic carbocycles. The van der Waals surface area contributed by atoms with Crippen LogP contribution in [0.5, 0.6) is 0 Å². The molecule has 0 amide bonds. The number of aryl methyl sites for hydroxylation is 1. The average molecular weight is 207 g/mol. The van der Waals surface area contributed by atoms with E-state index in [2.05, 4.69) is 23.4 Å². The Labute approximate surface area is 91.9 Å². The van der Waals surface area contributed by atoms with E-state index in [0.29, 0.717) is 6.04 Å². The summed E-state index contributed by atoms with van der Waals surface area (Å²) in [4.78, 5) is 0. The zero-order valence-electron chi connectivity index (χ0n) is 9.74. The molecule has 0 atom stereocenters. The van der Waals surface area contributed by atoms with Crippen LogP contribution in [0.25, 0.3) is 0 Å². The fraction of sp³-hybridized carbons (Fsp3) is 0.750. The molecule has 1 aliphatic rings. The summed E-state index contributed by atoms with van der Waals surface area (Å²) in [6.07, 6.45) is 7.40. The highest BCUT2D eigenvalue weighted by Gasteiger charge is 2.17. The number of aromatic nitrogens is 2. The van der Waals surface area contributed by atoms with Crippen LogP contribution in [0.3, 0.4) is 0 Å². The predicted octanol–water partition coefficient (Wildman–Crippen LogP) is 2.09. The zero-order chi connectivity index (χ0) is 10.7. The molecule has 1 heterocycles. The van der Waals surface area contributed by atoms with Gasteiger partial charge in [-0.15, -0.1) is 0 Å². The van der Waals surface area contributed by atoms with E-state index in [1.165, 1.54) is 25.7 Å². The molecule has 84 valence electrons. The summed E-state index contributed by atoms with van der Waals surface area (Å²) in [5, 5.41) is 7.96. The summed E-state index contributed by atoms with van der Waals surface area (Å²) in [6.45, 7) is 3.27. The van der Waals surface area contributed by atoms with Gasteiger partial charge in [-0.05, 0) is 37.7 Å². The van der Waals surface area contributed by atoms with Gasteiger partial charge in [0, 0.05) is 25.8 Å². The largest absolute Gasteiger partial charge is 0.308 e. The van der Waals surface area contributed by atoms with E-state index in [1.807, 2.05) is 17.9 Å². The van der Waals surface area contributed by atoms with E-state index < -0.39 is 0 Å². The summed E-state index contributed by atoms with van der Waals surface area (Å²) < 4.78 is 1.86. The Morgan fingerprint density at radius 3 is 2.73 bits per heavy atom. The molecule has 0 unspecified atom stereocenters. The molecule has 1 aromatic heterocycles. The van der Waals surface area contributed by atoms with Gasteiger partial charge >= 0.3 is 0 Å². The van der Waals surface area contributed by atoms with Gasteiger partial charge in [-0.25, -0.2) is 0 Å². The first kappa shape index (κ1) is 10.7. The molecule has 0 spiro atoms. The first-order chi connectivity index (χ1) is 7.24. The van der Waals surface area contributed by atoms with Gasteiger partial charge < -0.3 is 5.32 Å². The third kappa shape index (κ3) is 3.06. The molecule has 15 heavy (non-hydrogen) atoms. The maximum Gasteiger partial charge on any atom is 0.0762 e. The quantitative estimate of drug-likeness (QED) is 0.822. The van der Waals surface area contributed by atoms with Crippen LogP contribution in [0.4, 0.5) is 0 Å². The van der Waals surface area contributed by atoms with Crippen molar-refractivity contribution in [3.8, 4) is 0 Å². The minimum atomic E-state index is 0.711. The van der Waals surface area contributed by atoms with Crippen molar-refractivity contribution < 1.29 is 0 Å². The molecule has 1 saturated carbocycles. The van der Waals surface area contributed by atoms with Crippen molar-refractivity contribution in [1.82, 2.24) is 15.1 Å². The third-order valence-electron chi connectivity index (χ3n) is 3.36. The van der Waals surface area contributed by atoms with E-state index in [-0.39, 0.29) is 0 Å². The molecule has 2 rings (SSSR count). The molecule has 0 bridgehead atoms. The van der Waals surface area contributed by atoms with Gasteiger partial charge in [0.05, 0.1) is 5.69 Å². The fourth-order valence-electron chi connectivity index (χ4n) is 2.27. The fourth-order valence-corrected chi connectivity index (χ4v) is 2.27. The highest BCUT2D eigenvalue weighted by molar-refractivity contribution is 4.98. The number of nitrogens with one attached hydrogen (secondary N) is 1. The Balaban J connectivity index is 1.74. The lowest BCUT2D eigenvalue weighted by molar-refractivity contribution is 0.305. The van der Waals surface area contributed by atoms with Crippen molar-refractivity contribution >= 4 is 0 Å². The minimum absolute atomic E-state index is 0.711. The van der Waals surface area contributed by atoms with Crippen LogP contribution in [0, 0.1) is 5.92 Å². The number of rotatable bonds is 3. The normalized spacial score (nSPS) is 26.8. The maximum atomic E-state index is 4.36. The van der Waals surface area contributed by atoms with E-state index in [0.717, 1.165) is 18.2 Å². The van der Waals surface area contributed by atoms with Crippen molar-refractivity contribution in [3.63, 3.8) is 0 Å². The smallest absolute Gasteiger partial charge is 0.0762 e. The van der Waals surface area contributed by atoms with Crippen molar-refractivity contribution in [2.75, 3.05) is 0 Å². The number of hydrogen-bond donors (Lipinski definition) is 1. The second-order valence-electron chi connectivity index (χ2n) is 4.82. The lowest BCUT2D eigenvalue weighted by atomic mass is 9.87. The van der Waals surface area contributed by atoms with Crippen LogP contribution in [0.2, 0.25) is 0 Å². The van der Waals surface area contributed by atoms with E-state index >= 15 is 0 Å². The molecule has 0 aliphatic heterocycles. The van der Waals surface area contributed by atoms with Crippen molar-refractivity contribution in [3.05, 3.63) is 18.0 Å². The van der Waals surface area contributed by atoms with Crippen LogP contribution in [0.1, 0.15) is 38.3 Å². The van der Waals surface area contributed by atoms with Gasteiger partial charge in [0.1, 0.15) is 0 Å². The highest BCUT2D eigenvalue weighted by Crippen LogP contribution is 2.23. The van der Waals surface area contributed by atoms with Crippen molar-refractivity contribution in [2.45, 2.75) is 45.2 Å². The number of nitrogens with zero attached hydrogens (tertiary/aromatic N) is 2. The molecule has 0 aromatic carbocycles. The predicted molar refractivity (Wildman–Crippen MR) is 61.5 cm³/mol. The lowest BCUT2D eigenvalue weighted by Gasteiger charge is -2.26. The average Bonchev–Trinajstić information content (AvgIpc) is 2.64. The molecule has 3 heteroatoms. The maximum absolute atomic E-state index is 4.36. The number of hydrogen-bond acceptors (Lipinski definition) is 2. The summed E-state index contributed by atoms with van der Waals surface area (Å²) in [6, 6.07) is 2.79. The zero-order valence-corrected chi connectivity index (χ0v) is 9.74. The van der Waals surface area contributed by atoms with Gasteiger partial charge in [-0.1, -0.05) is 6.92 Å². The first-order valence-electron chi connectivity index (χ1n) is 5.96. The Morgan fingerprint density at radius 2 is 2.13 bits per heavy atom. The SMILES string of the molecule is CC1CCC(NCc2ccn(C)n2)CC1. The topological polar surface area (TPSA) is 29.9 Å². The summed E-state index contributed by atoms with van der Waals surface area (Å²) in [5.74, 6) is 0.929. The summed E-state index contributed by atoms with van der Waals surface area (Å²) >= 11 is 0. The van der Waals surface area contributed by atoms with Gasteiger partial charge in [0.15, 0.2) is 0 Å². The first-order valence-corrected chi connectivity index (χ1v) is 5.96. The van der Waals surface area contributed by atoms with E-state index in [9.17, 15) is 0 Å². The molecule has 1 fully saturated rings. The molecule has 1 N–H and O–H groups in total. The molecule has 0 saturated heterocycles. The van der Waals surface area contributed by atoms with Crippen molar-refractivity contribution in [1.29, 1.82) is 0 Å². The third-order valence-corrected chi connectivity index (χ3v) is 3.36. The van der Waals surface area contributed by atoms with Crippen LogP contribution in [-0.4, -0.2) is 15.8 Å². The van der Waals surface area contributed by atoms with Gasteiger partial charge in [-0.3, -0.25) is 4.68 Å². The highest BCUT2D eigenvalue weighted by atomic mass is 15.3. The molecular weight excluding hydrogens is 186 g/mol. The monoisotopic (exact) mass is 207 g/mol. The minimum Gasteiger partial charge on any atom is -0.308 e. The van der Waals surface area contributed by atoms with Crippen LogP contribution >= 0.6 is 0 Å². The Kier molecular flexibility index (Phi) is 3.41. The Bertz CT molecular complexity index is 298. The summed E-state index contributed by atoms with van der Waals surface area (Å²) in [7, 11) is 1.96. The molecular formula is C12H21N3. The van der Waals surface area contributed by atoms with Crippen molar-refractivity contribution in [2.24, 2.45) is 13.0 Å². The van der Waals surface area contributed by atoms with Gasteiger partial charge in [0.2, 0.25) is 0 Å². The lowest BCUT2D eigenvalue weighted by Crippen LogP contribution is -2.32. The Hall–Kier alpha value is -0.830. The van der Waals surface area contributed by atoms with Crippen LogP contribution in [-0.2, 0) is 13.6 Å². The second kappa shape index (κ2) is 4.79. The van der Waals surface area contributed by atoms with Gasteiger partial charge in [0.25, 0.3) is 0 Å². The summed E-state index contributed by atoms with van der Waals surface area (Å²) in [5.41, 5.74) is 1.15. The van der Waals surface area contributed by atoms with Crippen LogP contribution < -0.4 is 5.32 Å².